The number of carbonyl (C=O) groups excluding carboxylic acids is 1. The normalized spacial score (nSPS) is 10.7. The Bertz CT molecular complexity index is 939. The van der Waals surface area contributed by atoms with E-state index < -0.39 is 0 Å². The van der Waals surface area contributed by atoms with E-state index in [-0.39, 0.29) is 17.9 Å². The number of nitrogens with zero attached hydrogens (tertiary/aromatic N) is 2. The molecule has 0 atom stereocenters. The first-order chi connectivity index (χ1) is 11.7. The molecule has 0 saturated heterocycles. The van der Waals surface area contributed by atoms with E-state index in [0.717, 1.165) is 10.6 Å². The highest BCUT2D eigenvalue weighted by Crippen LogP contribution is 2.14. The van der Waals surface area contributed by atoms with E-state index in [0.29, 0.717) is 23.0 Å². The summed E-state index contributed by atoms with van der Waals surface area (Å²) in [6, 6.07) is 10.9. The minimum atomic E-state index is -0.254. The zero-order valence-corrected chi connectivity index (χ0v) is 13.9. The van der Waals surface area contributed by atoms with Crippen molar-refractivity contribution in [2.45, 2.75) is 18.0 Å². The number of carbonyl (C=O) groups is 1. The lowest BCUT2D eigenvalue weighted by molar-refractivity contribution is -0.120. The molecule has 2 heterocycles. The van der Waals surface area contributed by atoms with Crippen LogP contribution < -0.4 is 10.9 Å². The van der Waals surface area contributed by atoms with Gasteiger partial charge in [0.15, 0.2) is 0 Å². The molecule has 3 rings (SSSR count). The molecule has 0 radical (unpaired) electrons. The standard InChI is InChI=1S/C17H16N4O2S/c1-24-16-8-11(6-7-18-16)10-19-15(22)9-14-12-4-2-3-5-13(12)17(23)21-20-14/h2-8H,9-10H2,1H3,(H,19,22)(H,21,23). The summed E-state index contributed by atoms with van der Waals surface area (Å²) in [6.07, 6.45) is 3.79. The van der Waals surface area contributed by atoms with Gasteiger partial charge < -0.3 is 5.32 Å². The van der Waals surface area contributed by atoms with Gasteiger partial charge in [0.1, 0.15) is 0 Å². The lowest BCUT2D eigenvalue weighted by Gasteiger charge is -2.07. The zero-order chi connectivity index (χ0) is 16.9. The molecule has 0 fully saturated rings. The Morgan fingerprint density at radius 3 is 2.83 bits per heavy atom. The highest BCUT2D eigenvalue weighted by Gasteiger charge is 2.10. The van der Waals surface area contributed by atoms with E-state index in [1.807, 2.05) is 24.5 Å². The Hall–Kier alpha value is -2.67. The van der Waals surface area contributed by atoms with Crippen LogP contribution in [0.4, 0.5) is 0 Å². The van der Waals surface area contributed by atoms with Gasteiger partial charge in [0.25, 0.3) is 5.56 Å². The molecule has 2 N–H and O–H groups in total. The first-order valence-corrected chi connectivity index (χ1v) is 8.62. The number of nitrogens with one attached hydrogen (secondary N) is 2. The maximum atomic E-state index is 12.2. The van der Waals surface area contributed by atoms with E-state index in [2.05, 4.69) is 20.5 Å². The highest BCUT2D eigenvalue weighted by molar-refractivity contribution is 7.98. The third kappa shape index (κ3) is 3.62. The first-order valence-electron chi connectivity index (χ1n) is 7.39. The summed E-state index contributed by atoms with van der Waals surface area (Å²) in [7, 11) is 0. The second-order valence-corrected chi connectivity index (χ2v) is 6.03. The fourth-order valence-corrected chi connectivity index (χ4v) is 2.83. The predicted octanol–water partition coefficient (Wildman–Crippen LogP) is 1.90. The third-order valence-corrected chi connectivity index (χ3v) is 4.24. The number of hydrogen-bond donors (Lipinski definition) is 2. The van der Waals surface area contributed by atoms with Crippen LogP contribution in [0.3, 0.4) is 0 Å². The van der Waals surface area contributed by atoms with Crippen molar-refractivity contribution in [3.8, 4) is 0 Å². The Kier molecular flexibility index (Phi) is 4.90. The van der Waals surface area contributed by atoms with Crippen LogP contribution in [-0.4, -0.2) is 27.3 Å². The third-order valence-electron chi connectivity index (χ3n) is 3.60. The predicted molar refractivity (Wildman–Crippen MR) is 93.9 cm³/mol. The van der Waals surface area contributed by atoms with Crippen LogP contribution in [0.15, 0.2) is 52.4 Å². The van der Waals surface area contributed by atoms with E-state index >= 15 is 0 Å². The molecule has 0 aliphatic carbocycles. The van der Waals surface area contributed by atoms with Crippen LogP contribution in [0.1, 0.15) is 11.3 Å². The second kappa shape index (κ2) is 7.27. The van der Waals surface area contributed by atoms with Crippen LogP contribution in [-0.2, 0) is 17.8 Å². The molecule has 1 amide bonds. The van der Waals surface area contributed by atoms with Crippen LogP contribution >= 0.6 is 11.8 Å². The molecule has 0 bridgehead atoms. The van der Waals surface area contributed by atoms with Gasteiger partial charge in [-0.15, -0.1) is 11.8 Å². The number of thioether (sulfide) groups is 1. The average Bonchev–Trinajstić information content (AvgIpc) is 2.63. The fourth-order valence-electron chi connectivity index (χ4n) is 2.39. The van der Waals surface area contributed by atoms with Gasteiger partial charge in [-0.25, -0.2) is 10.1 Å². The molecule has 7 heteroatoms. The van der Waals surface area contributed by atoms with Gasteiger partial charge in [0.05, 0.1) is 22.5 Å². The zero-order valence-electron chi connectivity index (χ0n) is 13.1. The number of aromatic nitrogens is 3. The number of aromatic amines is 1. The molecule has 1 aromatic carbocycles. The van der Waals surface area contributed by atoms with Crippen molar-refractivity contribution >= 4 is 28.4 Å². The molecule has 0 aliphatic heterocycles. The van der Waals surface area contributed by atoms with Crippen LogP contribution in [0, 0.1) is 0 Å². The summed E-state index contributed by atoms with van der Waals surface area (Å²) in [5.74, 6) is -0.151. The van der Waals surface area contributed by atoms with E-state index in [1.165, 1.54) is 0 Å². The maximum Gasteiger partial charge on any atom is 0.272 e. The molecule has 122 valence electrons. The van der Waals surface area contributed by atoms with Gasteiger partial charge >= 0.3 is 0 Å². The molecule has 0 aliphatic rings. The lowest BCUT2D eigenvalue weighted by Crippen LogP contribution is -2.26. The lowest BCUT2D eigenvalue weighted by atomic mass is 10.1. The van der Waals surface area contributed by atoms with E-state index in [1.54, 1.807) is 36.2 Å². The molecular formula is C17H16N4O2S. The smallest absolute Gasteiger partial charge is 0.272 e. The highest BCUT2D eigenvalue weighted by atomic mass is 32.2. The van der Waals surface area contributed by atoms with Gasteiger partial charge in [-0.05, 0) is 30.0 Å². The number of hydrogen-bond acceptors (Lipinski definition) is 5. The first kappa shape index (κ1) is 16.2. The van der Waals surface area contributed by atoms with Gasteiger partial charge in [-0.3, -0.25) is 9.59 Å². The van der Waals surface area contributed by atoms with Crippen molar-refractivity contribution in [1.29, 1.82) is 0 Å². The Labute approximate surface area is 142 Å². The van der Waals surface area contributed by atoms with Crippen molar-refractivity contribution in [3.63, 3.8) is 0 Å². The molecule has 2 aromatic heterocycles. The van der Waals surface area contributed by atoms with Crippen molar-refractivity contribution in [2.75, 3.05) is 6.26 Å². The summed E-state index contributed by atoms with van der Waals surface area (Å²) < 4.78 is 0. The number of pyridine rings is 1. The minimum Gasteiger partial charge on any atom is -0.352 e. The number of rotatable bonds is 5. The SMILES string of the molecule is CSc1cc(CNC(=O)Cc2n[nH]c(=O)c3ccccc23)ccn1. The Balaban J connectivity index is 1.71. The maximum absolute atomic E-state index is 12.2. The van der Waals surface area contributed by atoms with Gasteiger partial charge in [-0.2, -0.15) is 5.10 Å². The minimum absolute atomic E-state index is 0.109. The Morgan fingerprint density at radius 1 is 1.25 bits per heavy atom. The molecule has 0 saturated carbocycles. The fraction of sp³-hybridized carbons (Fsp3) is 0.176. The summed E-state index contributed by atoms with van der Waals surface area (Å²) in [5, 5.41) is 11.5. The van der Waals surface area contributed by atoms with Crippen molar-refractivity contribution in [2.24, 2.45) is 0 Å². The topological polar surface area (TPSA) is 87.7 Å². The van der Waals surface area contributed by atoms with E-state index in [9.17, 15) is 9.59 Å². The summed E-state index contributed by atoms with van der Waals surface area (Å²) in [6.45, 7) is 0.427. The monoisotopic (exact) mass is 340 g/mol. The quantitative estimate of drug-likeness (QED) is 0.693. The summed E-state index contributed by atoms with van der Waals surface area (Å²) >= 11 is 1.56. The molecule has 6 nitrogen and oxygen atoms in total. The molecular weight excluding hydrogens is 324 g/mol. The van der Waals surface area contributed by atoms with E-state index in [4.69, 9.17) is 0 Å². The van der Waals surface area contributed by atoms with Gasteiger partial charge in [0, 0.05) is 18.1 Å². The molecule has 24 heavy (non-hydrogen) atoms. The second-order valence-electron chi connectivity index (χ2n) is 5.20. The van der Waals surface area contributed by atoms with Crippen LogP contribution in [0.2, 0.25) is 0 Å². The summed E-state index contributed by atoms with van der Waals surface area (Å²) in [4.78, 5) is 28.2. The van der Waals surface area contributed by atoms with Crippen molar-refractivity contribution in [1.82, 2.24) is 20.5 Å². The average molecular weight is 340 g/mol. The molecule has 3 aromatic rings. The van der Waals surface area contributed by atoms with Gasteiger partial charge in [-0.1, -0.05) is 18.2 Å². The number of H-pyrrole nitrogens is 1. The largest absolute Gasteiger partial charge is 0.352 e. The molecule has 0 spiro atoms. The van der Waals surface area contributed by atoms with Gasteiger partial charge in [0.2, 0.25) is 5.91 Å². The Morgan fingerprint density at radius 2 is 2.04 bits per heavy atom. The summed E-state index contributed by atoms with van der Waals surface area (Å²) in [5.41, 5.74) is 1.29. The number of benzene rings is 1. The number of amides is 1. The number of fused-ring (bicyclic) bond motifs is 1. The van der Waals surface area contributed by atoms with Crippen LogP contribution in [0.25, 0.3) is 10.8 Å². The van der Waals surface area contributed by atoms with Crippen molar-refractivity contribution in [3.05, 3.63) is 64.2 Å². The van der Waals surface area contributed by atoms with Crippen LogP contribution in [0.5, 0.6) is 0 Å². The van der Waals surface area contributed by atoms with Crippen molar-refractivity contribution < 1.29 is 4.79 Å². The molecule has 0 unspecified atom stereocenters.